The molecule has 0 unspecified atom stereocenters. The van der Waals surface area contributed by atoms with E-state index in [1.165, 1.54) is 12.8 Å². The van der Waals surface area contributed by atoms with Crippen LogP contribution in [0.4, 0.5) is 0 Å². The standard InChI is InChI=1S/C21H28N2O/c1-21(2,3)20-14-17(16-6-4-5-7-18(16)23-20)19(24)9-8-15-10-12-22-13-11-15/h4-7,14-15,22H,8-13H2,1-3H3. The predicted molar refractivity (Wildman–Crippen MR) is 99.6 cm³/mol. The Hall–Kier alpha value is -1.74. The number of hydrogen-bond acceptors (Lipinski definition) is 3. The smallest absolute Gasteiger partial charge is 0.163 e. The van der Waals surface area contributed by atoms with Gasteiger partial charge in [0.05, 0.1) is 5.52 Å². The Balaban J connectivity index is 1.87. The number of carbonyl (C=O) groups is 1. The molecule has 3 nitrogen and oxygen atoms in total. The van der Waals surface area contributed by atoms with Crippen molar-refractivity contribution in [3.63, 3.8) is 0 Å². The summed E-state index contributed by atoms with van der Waals surface area (Å²) in [7, 11) is 0. The van der Waals surface area contributed by atoms with Gasteiger partial charge < -0.3 is 5.32 Å². The van der Waals surface area contributed by atoms with E-state index in [1.807, 2.05) is 30.3 Å². The summed E-state index contributed by atoms with van der Waals surface area (Å²) in [4.78, 5) is 17.7. The first-order valence-corrected chi connectivity index (χ1v) is 9.09. The molecule has 1 aromatic carbocycles. The average Bonchev–Trinajstić information content (AvgIpc) is 2.59. The van der Waals surface area contributed by atoms with Gasteiger partial charge in [-0.3, -0.25) is 9.78 Å². The fourth-order valence-corrected chi connectivity index (χ4v) is 3.43. The number of nitrogens with one attached hydrogen (secondary N) is 1. The second-order valence-electron chi connectivity index (χ2n) is 7.98. The Labute approximate surface area is 144 Å². The first-order chi connectivity index (χ1) is 11.4. The number of piperidine rings is 1. The number of aromatic nitrogens is 1. The fraction of sp³-hybridized carbons (Fsp3) is 0.524. The molecule has 1 aliphatic heterocycles. The molecule has 0 aliphatic carbocycles. The largest absolute Gasteiger partial charge is 0.317 e. The second kappa shape index (κ2) is 7.02. The molecule has 0 bridgehead atoms. The maximum Gasteiger partial charge on any atom is 0.163 e. The molecule has 1 aromatic heterocycles. The molecule has 1 aliphatic rings. The third kappa shape index (κ3) is 3.84. The van der Waals surface area contributed by atoms with Gasteiger partial charge in [-0.2, -0.15) is 0 Å². The van der Waals surface area contributed by atoms with E-state index < -0.39 is 0 Å². The number of nitrogens with zero attached hydrogens (tertiary/aromatic N) is 1. The zero-order valence-corrected chi connectivity index (χ0v) is 15.1. The molecule has 0 saturated carbocycles. The molecule has 2 heterocycles. The lowest BCUT2D eigenvalue weighted by molar-refractivity contribution is 0.0972. The molecule has 2 aromatic rings. The molecule has 0 radical (unpaired) electrons. The molecule has 3 heteroatoms. The molecule has 1 saturated heterocycles. The van der Waals surface area contributed by atoms with Crippen molar-refractivity contribution in [2.75, 3.05) is 13.1 Å². The minimum Gasteiger partial charge on any atom is -0.317 e. The molecule has 0 spiro atoms. The average molecular weight is 324 g/mol. The van der Waals surface area contributed by atoms with Crippen molar-refractivity contribution in [3.05, 3.63) is 41.6 Å². The lowest BCUT2D eigenvalue weighted by atomic mass is 9.87. The second-order valence-corrected chi connectivity index (χ2v) is 7.98. The van der Waals surface area contributed by atoms with E-state index in [0.29, 0.717) is 12.3 Å². The van der Waals surface area contributed by atoms with Crippen molar-refractivity contribution in [2.24, 2.45) is 5.92 Å². The van der Waals surface area contributed by atoms with E-state index in [-0.39, 0.29) is 11.2 Å². The lowest BCUT2D eigenvalue weighted by Gasteiger charge is -2.22. The van der Waals surface area contributed by atoms with Gasteiger partial charge in [-0.05, 0) is 50.4 Å². The topological polar surface area (TPSA) is 42.0 Å². The molecular weight excluding hydrogens is 296 g/mol. The van der Waals surface area contributed by atoms with E-state index >= 15 is 0 Å². The van der Waals surface area contributed by atoms with Crippen LogP contribution in [-0.4, -0.2) is 23.9 Å². The van der Waals surface area contributed by atoms with Gasteiger partial charge in [0, 0.05) is 28.5 Å². The van der Waals surface area contributed by atoms with Crippen molar-refractivity contribution >= 4 is 16.7 Å². The highest BCUT2D eigenvalue weighted by Gasteiger charge is 2.21. The van der Waals surface area contributed by atoms with Crippen LogP contribution in [0, 0.1) is 5.92 Å². The van der Waals surface area contributed by atoms with E-state index in [2.05, 4.69) is 26.1 Å². The summed E-state index contributed by atoms with van der Waals surface area (Å²) in [6, 6.07) is 10.0. The van der Waals surface area contributed by atoms with Crippen LogP contribution in [0.25, 0.3) is 10.9 Å². The number of pyridine rings is 1. The Morgan fingerprint density at radius 1 is 1.21 bits per heavy atom. The molecule has 24 heavy (non-hydrogen) atoms. The predicted octanol–water partition coefficient (Wildman–Crippen LogP) is 4.49. The van der Waals surface area contributed by atoms with Gasteiger partial charge in [0.15, 0.2) is 5.78 Å². The van der Waals surface area contributed by atoms with Gasteiger partial charge in [-0.25, -0.2) is 0 Å². The summed E-state index contributed by atoms with van der Waals surface area (Å²) in [5.74, 6) is 0.947. The van der Waals surface area contributed by atoms with Gasteiger partial charge in [-0.15, -0.1) is 0 Å². The summed E-state index contributed by atoms with van der Waals surface area (Å²) in [5.41, 5.74) is 2.70. The zero-order chi connectivity index (χ0) is 17.2. The van der Waals surface area contributed by atoms with Crippen molar-refractivity contribution in [1.29, 1.82) is 0 Å². The van der Waals surface area contributed by atoms with Crippen LogP contribution in [-0.2, 0) is 5.41 Å². The zero-order valence-electron chi connectivity index (χ0n) is 15.1. The number of hydrogen-bond donors (Lipinski definition) is 1. The molecule has 3 rings (SSSR count). The summed E-state index contributed by atoms with van der Waals surface area (Å²) in [6.45, 7) is 8.62. The number of carbonyl (C=O) groups excluding carboxylic acids is 1. The monoisotopic (exact) mass is 324 g/mol. The van der Waals surface area contributed by atoms with Crippen LogP contribution in [0.5, 0.6) is 0 Å². The maximum absolute atomic E-state index is 12.9. The Morgan fingerprint density at radius 2 is 1.92 bits per heavy atom. The van der Waals surface area contributed by atoms with E-state index in [0.717, 1.165) is 41.7 Å². The van der Waals surface area contributed by atoms with Gasteiger partial charge in [-0.1, -0.05) is 39.0 Å². The number of Topliss-reactive ketones (excluding diaryl/α,β-unsaturated/α-hetero) is 1. The molecule has 0 atom stereocenters. The number of benzene rings is 1. The number of rotatable bonds is 4. The lowest BCUT2D eigenvalue weighted by Crippen LogP contribution is -2.28. The van der Waals surface area contributed by atoms with Crippen molar-refractivity contribution in [1.82, 2.24) is 10.3 Å². The summed E-state index contributed by atoms with van der Waals surface area (Å²) >= 11 is 0. The Kier molecular flexibility index (Phi) is 5.00. The van der Waals surface area contributed by atoms with Crippen LogP contribution in [0.2, 0.25) is 0 Å². The molecular formula is C21H28N2O. The number of fused-ring (bicyclic) bond motifs is 1. The first-order valence-electron chi connectivity index (χ1n) is 9.09. The van der Waals surface area contributed by atoms with E-state index in [1.54, 1.807) is 0 Å². The maximum atomic E-state index is 12.9. The van der Waals surface area contributed by atoms with Crippen molar-refractivity contribution in [3.8, 4) is 0 Å². The Bertz CT molecular complexity index is 724. The van der Waals surface area contributed by atoms with Gasteiger partial charge >= 0.3 is 0 Å². The van der Waals surface area contributed by atoms with Crippen molar-refractivity contribution in [2.45, 2.75) is 51.9 Å². The highest BCUT2D eigenvalue weighted by atomic mass is 16.1. The van der Waals surface area contributed by atoms with Crippen molar-refractivity contribution < 1.29 is 4.79 Å². The van der Waals surface area contributed by atoms with Crippen LogP contribution >= 0.6 is 0 Å². The molecule has 128 valence electrons. The molecule has 0 amide bonds. The third-order valence-corrected chi connectivity index (χ3v) is 5.02. The van der Waals surface area contributed by atoms with Gasteiger partial charge in [0.1, 0.15) is 0 Å². The van der Waals surface area contributed by atoms with Crippen LogP contribution in [0.15, 0.2) is 30.3 Å². The third-order valence-electron chi connectivity index (χ3n) is 5.02. The Morgan fingerprint density at radius 3 is 2.62 bits per heavy atom. The normalized spacial score (nSPS) is 16.5. The minimum absolute atomic E-state index is 0.0614. The van der Waals surface area contributed by atoms with E-state index in [4.69, 9.17) is 4.98 Å². The highest BCUT2D eigenvalue weighted by molar-refractivity contribution is 6.07. The molecule has 1 N–H and O–H groups in total. The van der Waals surface area contributed by atoms with Crippen LogP contribution in [0.3, 0.4) is 0 Å². The summed E-state index contributed by atoms with van der Waals surface area (Å²) in [5, 5.41) is 4.38. The van der Waals surface area contributed by atoms with Crippen LogP contribution < -0.4 is 5.32 Å². The SMILES string of the molecule is CC(C)(C)c1cc(C(=O)CCC2CCNCC2)c2ccccc2n1. The number of para-hydroxylation sites is 1. The summed E-state index contributed by atoms with van der Waals surface area (Å²) < 4.78 is 0. The fourth-order valence-electron chi connectivity index (χ4n) is 3.43. The number of ketones is 1. The summed E-state index contributed by atoms with van der Waals surface area (Å²) in [6.07, 6.45) is 4.03. The molecule has 1 fully saturated rings. The van der Waals surface area contributed by atoms with Gasteiger partial charge in [0.25, 0.3) is 0 Å². The van der Waals surface area contributed by atoms with Gasteiger partial charge in [0.2, 0.25) is 0 Å². The first kappa shape index (κ1) is 17.1. The minimum atomic E-state index is -0.0614. The van der Waals surface area contributed by atoms with Crippen LogP contribution in [0.1, 0.15) is 62.5 Å². The van der Waals surface area contributed by atoms with E-state index in [9.17, 15) is 4.79 Å². The quantitative estimate of drug-likeness (QED) is 0.842. The highest BCUT2D eigenvalue weighted by Crippen LogP contribution is 2.28.